The van der Waals surface area contributed by atoms with E-state index < -0.39 is 18.1 Å². The third-order valence-electron chi connectivity index (χ3n) is 8.06. The summed E-state index contributed by atoms with van der Waals surface area (Å²) in [6, 6.07) is 1.76. The Bertz CT molecular complexity index is 1660. The zero-order valence-electron chi connectivity index (χ0n) is 23.1. The summed E-state index contributed by atoms with van der Waals surface area (Å²) < 4.78 is 33.6. The van der Waals surface area contributed by atoms with E-state index in [0.717, 1.165) is 13.1 Å². The van der Waals surface area contributed by atoms with Crippen LogP contribution in [0.3, 0.4) is 0 Å². The van der Waals surface area contributed by atoms with E-state index in [9.17, 15) is 4.79 Å². The second-order valence-corrected chi connectivity index (χ2v) is 11.2. The minimum absolute atomic E-state index is 0.0980. The van der Waals surface area contributed by atoms with Crippen LogP contribution in [0.5, 0.6) is 0 Å². The lowest BCUT2D eigenvalue weighted by molar-refractivity contribution is -0.00447. The second-order valence-electron chi connectivity index (χ2n) is 10.8. The molecule has 0 amide bonds. The molecule has 42 heavy (non-hydrogen) atoms. The van der Waals surface area contributed by atoms with Crippen LogP contribution >= 0.6 is 11.6 Å². The van der Waals surface area contributed by atoms with E-state index >= 15 is 4.39 Å². The molecule has 1 N–H and O–H groups in total. The molecule has 12 nitrogen and oxygen atoms in total. The molecule has 1 atom stereocenters. The number of anilines is 2. The molecule has 4 aliphatic rings. The summed E-state index contributed by atoms with van der Waals surface area (Å²) in [6.07, 6.45) is 2.73. The highest BCUT2D eigenvalue weighted by molar-refractivity contribution is 6.33. The van der Waals surface area contributed by atoms with Crippen LogP contribution in [0, 0.1) is 5.82 Å². The maximum absolute atomic E-state index is 16.9. The number of hydrogen-bond acceptors (Lipinski definition) is 11. The first-order chi connectivity index (χ1) is 20.5. The number of pyridine rings is 1. The average Bonchev–Trinajstić information content (AvgIpc) is 3.32. The predicted octanol–water partition coefficient (Wildman–Crippen LogP) is 3.42. The molecule has 0 radical (unpaired) electrons. The third kappa shape index (κ3) is 4.95. The van der Waals surface area contributed by atoms with Gasteiger partial charge in [-0.15, -0.1) is 0 Å². The lowest BCUT2D eigenvalue weighted by Gasteiger charge is -2.33. The van der Waals surface area contributed by atoms with Crippen molar-refractivity contribution >= 4 is 51.3 Å². The van der Waals surface area contributed by atoms with Crippen LogP contribution in [0.15, 0.2) is 18.5 Å². The number of carbonyl (C=O) groups is 1. The van der Waals surface area contributed by atoms with Gasteiger partial charge in [-0.05, 0) is 31.5 Å². The molecule has 8 rings (SSSR count). The van der Waals surface area contributed by atoms with Crippen molar-refractivity contribution in [2.24, 2.45) is 0 Å². The molecule has 2 saturated heterocycles. The van der Waals surface area contributed by atoms with Gasteiger partial charge in [0.25, 0.3) is 0 Å². The Kier molecular flexibility index (Phi) is 7.16. The van der Waals surface area contributed by atoms with Crippen LogP contribution in [0.25, 0.3) is 33.1 Å². The molecule has 0 spiro atoms. The van der Waals surface area contributed by atoms with Crippen molar-refractivity contribution in [2.45, 2.75) is 18.9 Å². The van der Waals surface area contributed by atoms with Gasteiger partial charge in [0.05, 0.1) is 43.5 Å². The van der Waals surface area contributed by atoms with E-state index in [0.29, 0.717) is 89.8 Å². The van der Waals surface area contributed by atoms with Gasteiger partial charge in [-0.1, -0.05) is 11.6 Å². The molecule has 4 aliphatic heterocycles. The number of piperazine rings is 1. The molecule has 6 bridgehead atoms. The Labute approximate surface area is 245 Å². The van der Waals surface area contributed by atoms with Crippen LogP contribution in [-0.4, -0.2) is 108 Å². The van der Waals surface area contributed by atoms with Crippen LogP contribution < -0.4 is 9.80 Å². The zero-order valence-corrected chi connectivity index (χ0v) is 23.9. The normalized spacial score (nSPS) is 20.5. The molecule has 220 valence electrons. The lowest BCUT2D eigenvalue weighted by Crippen LogP contribution is -2.45. The number of halogens is 2. The quantitative estimate of drug-likeness (QED) is 0.325. The Hall–Kier alpha value is -3.81. The maximum Gasteiger partial charge on any atom is 0.508 e. The van der Waals surface area contributed by atoms with Crippen LogP contribution in [-0.2, 0) is 20.6 Å². The summed E-state index contributed by atoms with van der Waals surface area (Å²) in [7, 11) is 2.07. The van der Waals surface area contributed by atoms with Crippen LogP contribution in [0.4, 0.5) is 21.0 Å². The van der Waals surface area contributed by atoms with E-state index in [4.69, 9.17) is 35.8 Å². The minimum Gasteiger partial charge on any atom is -0.434 e. The van der Waals surface area contributed by atoms with E-state index in [-0.39, 0.29) is 24.4 Å². The fourth-order valence-electron chi connectivity index (χ4n) is 5.83. The molecule has 7 heterocycles. The summed E-state index contributed by atoms with van der Waals surface area (Å²) in [5, 5.41) is 8.68. The van der Waals surface area contributed by atoms with Crippen molar-refractivity contribution in [3.05, 3.63) is 34.9 Å². The van der Waals surface area contributed by atoms with Gasteiger partial charge >= 0.3 is 6.16 Å². The van der Waals surface area contributed by atoms with Gasteiger partial charge in [0.15, 0.2) is 5.82 Å². The fourth-order valence-corrected chi connectivity index (χ4v) is 6.13. The number of aromatic amines is 1. The number of benzene rings is 1. The van der Waals surface area contributed by atoms with Gasteiger partial charge in [-0.2, -0.15) is 10.1 Å². The molecular formula is C28H30ClFN8O4. The maximum atomic E-state index is 16.9. The van der Waals surface area contributed by atoms with Crippen LogP contribution in [0.1, 0.15) is 12.0 Å². The van der Waals surface area contributed by atoms with Crippen molar-refractivity contribution in [1.82, 2.24) is 30.0 Å². The molecule has 1 aromatic carbocycles. The number of likely N-dealkylation sites (N-methyl/N-ethyl adjacent to an activating group) is 1. The third-order valence-corrected chi connectivity index (χ3v) is 8.40. The Morgan fingerprint density at radius 3 is 2.79 bits per heavy atom. The molecular weight excluding hydrogens is 567 g/mol. The Balaban J connectivity index is 1.47. The molecule has 0 aliphatic carbocycles. The van der Waals surface area contributed by atoms with Gasteiger partial charge in [0, 0.05) is 54.9 Å². The van der Waals surface area contributed by atoms with Gasteiger partial charge < -0.3 is 28.9 Å². The van der Waals surface area contributed by atoms with E-state index in [1.54, 1.807) is 18.5 Å². The van der Waals surface area contributed by atoms with Crippen molar-refractivity contribution in [2.75, 3.05) is 75.9 Å². The summed E-state index contributed by atoms with van der Waals surface area (Å²) in [4.78, 5) is 33.3. The first-order valence-electron chi connectivity index (χ1n) is 14.1. The molecule has 0 unspecified atom stereocenters. The zero-order chi connectivity index (χ0) is 28.8. The number of H-pyrrole nitrogens is 1. The highest BCUT2D eigenvalue weighted by Gasteiger charge is 2.30. The molecule has 0 saturated carbocycles. The standard InChI is InChI=1S/C28H30ClFN8O4/c1-36-4-6-37(7-5-36)27-33-24-19-12-31-25(23(24)30)22-17(20(29)11-21-18(22)13-32-35-21)3-2-9-41-28(39)42-16-14-38(26(19)34-27)8-10-40-15-16/h11-13,16H,2-10,14-15H2,1H3,(H,32,35)/t16-/m0/s1. The second kappa shape index (κ2) is 11.1. The minimum atomic E-state index is -0.767. The molecule has 14 heteroatoms. The summed E-state index contributed by atoms with van der Waals surface area (Å²) >= 11 is 6.75. The topological polar surface area (TPSA) is 122 Å². The highest BCUT2D eigenvalue weighted by Crippen LogP contribution is 2.40. The predicted molar refractivity (Wildman–Crippen MR) is 155 cm³/mol. The van der Waals surface area contributed by atoms with E-state index in [1.165, 1.54) is 0 Å². The van der Waals surface area contributed by atoms with E-state index in [2.05, 4.69) is 32.0 Å². The summed E-state index contributed by atoms with van der Waals surface area (Å²) in [6.45, 7) is 4.51. The van der Waals surface area contributed by atoms with Crippen molar-refractivity contribution in [3.63, 3.8) is 0 Å². The van der Waals surface area contributed by atoms with Gasteiger partial charge in [0.2, 0.25) is 5.95 Å². The monoisotopic (exact) mass is 596 g/mol. The Morgan fingerprint density at radius 2 is 1.93 bits per heavy atom. The fraction of sp³-hybridized carbons (Fsp3) is 0.464. The molecule has 2 fully saturated rings. The first-order valence-corrected chi connectivity index (χ1v) is 14.4. The van der Waals surface area contributed by atoms with Gasteiger partial charge in [0.1, 0.15) is 23.1 Å². The average molecular weight is 597 g/mol. The lowest BCUT2D eigenvalue weighted by atomic mass is 9.95. The number of ether oxygens (including phenoxy) is 3. The molecule has 4 aromatic rings. The van der Waals surface area contributed by atoms with E-state index in [1.807, 2.05) is 4.90 Å². The number of carbonyl (C=O) groups excluding carboxylic acids is 1. The smallest absolute Gasteiger partial charge is 0.434 e. The number of fused-ring (bicyclic) bond motifs is 7. The largest absolute Gasteiger partial charge is 0.508 e. The number of nitrogens with one attached hydrogen (secondary N) is 1. The number of rotatable bonds is 1. The number of hydrogen-bond donors (Lipinski definition) is 1. The van der Waals surface area contributed by atoms with Crippen LogP contribution in [0.2, 0.25) is 5.02 Å². The van der Waals surface area contributed by atoms with Gasteiger partial charge in [-0.25, -0.2) is 14.2 Å². The van der Waals surface area contributed by atoms with Crippen molar-refractivity contribution < 1.29 is 23.4 Å². The highest BCUT2D eigenvalue weighted by atomic mass is 35.5. The number of aromatic nitrogens is 5. The number of nitrogens with zero attached hydrogens (tertiary/aromatic N) is 7. The summed E-state index contributed by atoms with van der Waals surface area (Å²) in [5.41, 5.74) is 2.16. The van der Waals surface area contributed by atoms with Gasteiger partial charge in [-0.3, -0.25) is 10.1 Å². The SMILES string of the molecule is CN1CCN(c2nc3c4cnc(c(F)c4n2)-c2c(c(Cl)cc4[nH]ncc24)CCCOC(=O)O[C@@H]2COCCN3C2)CC1. The first kappa shape index (κ1) is 27.0. The molecule has 3 aromatic heterocycles. The van der Waals surface area contributed by atoms with Crippen molar-refractivity contribution in [3.8, 4) is 11.3 Å². The Morgan fingerprint density at radius 1 is 1.07 bits per heavy atom. The van der Waals surface area contributed by atoms with Crippen molar-refractivity contribution in [1.29, 1.82) is 0 Å². The summed E-state index contributed by atoms with van der Waals surface area (Å²) in [5.74, 6) is 0.380.